The number of hydrogen-bond acceptors (Lipinski definition) is 6. The van der Waals surface area contributed by atoms with E-state index in [0.29, 0.717) is 5.89 Å². The summed E-state index contributed by atoms with van der Waals surface area (Å²) >= 11 is 0. The van der Waals surface area contributed by atoms with Crippen LogP contribution in [0.4, 0.5) is 0 Å². The van der Waals surface area contributed by atoms with Gasteiger partial charge in [0, 0.05) is 6.92 Å². The summed E-state index contributed by atoms with van der Waals surface area (Å²) in [6, 6.07) is 5.37. The Morgan fingerprint density at radius 3 is 2.83 bits per heavy atom. The van der Waals surface area contributed by atoms with Crippen LogP contribution in [0.2, 0.25) is 0 Å². The molecule has 0 aliphatic heterocycles. The van der Waals surface area contributed by atoms with Crippen molar-refractivity contribution < 1.29 is 18.0 Å². The monoisotopic (exact) mass is 269 g/mol. The van der Waals surface area contributed by atoms with Crippen LogP contribution < -0.4 is 4.72 Å². The molecule has 2 rings (SSSR count). The Balaban J connectivity index is 2.13. The summed E-state index contributed by atoms with van der Waals surface area (Å²) in [7, 11) is -3.70. The number of nitrogens with zero attached hydrogens (tertiary/aromatic N) is 2. The topological polar surface area (TPSA) is 105 Å². The van der Waals surface area contributed by atoms with Crippen LogP contribution in [0.15, 0.2) is 33.7 Å². The lowest BCUT2D eigenvalue weighted by molar-refractivity contribution is 0.387. The first-order valence-corrected chi connectivity index (χ1v) is 6.53. The summed E-state index contributed by atoms with van der Waals surface area (Å²) in [5, 5.41) is 12.8. The van der Waals surface area contributed by atoms with Crippen molar-refractivity contribution in [1.29, 1.82) is 0 Å². The highest BCUT2D eigenvalue weighted by atomic mass is 32.2. The predicted octanol–water partition coefficient (Wildman–Crippen LogP) is 0.562. The van der Waals surface area contributed by atoms with Crippen LogP contribution in [0.1, 0.15) is 11.7 Å². The summed E-state index contributed by atoms with van der Waals surface area (Å²) in [4.78, 5) is 3.85. The number of aromatic hydroxyl groups is 1. The van der Waals surface area contributed by atoms with Gasteiger partial charge in [-0.25, -0.2) is 13.1 Å². The lowest BCUT2D eigenvalue weighted by Crippen LogP contribution is -2.23. The van der Waals surface area contributed by atoms with E-state index < -0.39 is 10.0 Å². The van der Waals surface area contributed by atoms with Crippen molar-refractivity contribution in [3.05, 3.63) is 36.0 Å². The molecule has 0 amide bonds. The Kier molecular flexibility index (Phi) is 3.30. The molecule has 0 radical (unpaired) electrons. The molecule has 8 heteroatoms. The summed E-state index contributed by atoms with van der Waals surface area (Å²) in [6.45, 7) is 1.54. The average molecular weight is 269 g/mol. The van der Waals surface area contributed by atoms with Crippen molar-refractivity contribution in [2.24, 2.45) is 0 Å². The SMILES string of the molecule is Cc1nc(CNS(=O)(=O)c2cccc(O)c2)no1. The molecule has 0 bridgehead atoms. The quantitative estimate of drug-likeness (QED) is 0.840. The molecule has 2 aromatic rings. The van der Waals surface area contributed by atoms with Gasteiger partial charge in [0.25, 0.3) is 0 Å². The highest BCUT2D eigenvalue weighted by Gasteiger charge is 2.15. The van der Waals surface area contributed by atoms with Gasteiger partial charge in [-0.15, -0.1) is 0 Å². The molecule has 0 saturated carbocycles. The molecule has 0 spiro atoms. The zero-order valence-corrected chi connectivity index (χ0v) is 10.3. The van der Waals surface area contributed by atoms with Gasteiger partial charge in [0.15, 0.2) is 5.82 Å². The number of phenols is 1. The molecular formula is C10H11N3O4S. The van der Waals surface area contributed by atoms with Crippen LogP contribution in [0.5, 0.6) is 5.75 Å². The Morgan fingerprint density at radius 2 is 2.22 bits per heavy atom. The Hall–Kier alpha value is -1.93. The summed E-state index contributed by atoms with van der Waals surface area (Å²) in [6.07, 6.45) is 0. The molecule has 2 N–H and O–H groups in total. The van der Waals surface area contributed by atoms with E-state index in [4.69, 9.17) is 4.52 Å². The molecular weight excluding hydrogens is 258 g/mol. The third-order valence-corrected chi connectivity index (χ3v) is 3.52. The standard InChI is InChI=1S/C10H11N3O4S/c1-7-12-10(13-17-7)6-11-18(15,16)9-4-2-3-8(14)5-9/h2-5,11,14H,6H2,1H3. The zero-order valence-electron chi connectivity index (χ0n) is 9.49. The normalized spacial score (nSPS) is 11.6. The van der Waals surface area contributed by atoms with Crippen molar-refractivity contribution in [3.8, 4) is 5.75 Å². The van der Waals surface area contributed by atoms with Gasteiger partial charge in [-0.3, -0.25) is 0 Å². The molecule has 0 saturated heterocycles. The lowest BCUT2D eigenvalue weighted by Gasteiger charge is -2.04. The third kappa shape index (κ3) is 2.84. The Morgan fingerprint density at radius 1 is 1.44 bits per heavy atom. The minimum atomic E-state index is -3.70. The fourth-order valence-corrected chi connectivity index (χ4v) is 2.33. The van der Waals surface area contributed by atoms with Gasteiger partial charge in [0.1, 0.15) is 5.75 Å². The minimum Gasteiger partial charge on any atom is -0.508 e. The largest absolute Gasteiger partial charge is 0.508 e. The van der Waals surface area contributed by atoms with Crippen LogP contribution in [-0.4, -0.2) is 23.7 Å². The Bertz CT molecular complexity index is 651. The van der Waals surface area contributed by atoms with Crippen LogP contribution >= 0.6 is 0 Å². The van der Waals surface area contributed by atoms with Crippen molar-refractivity contribution in [2.75, 3.05) is 0 Å². The van der Waals surface area contributed by atoms with Gasteiger partial charge in [-0.2, -0.15) is 4.98 Å². The smallest absolute Gasteiger partial charge is 0.241 e. The number of aryl methyl sites for hydroxylation is 1. The molecule has 1 aromatic carbocycles. The van der Waals surface area contributed by atoms with E-state index in [-0.39, 0.29) is 23.0 Å². The van der Waals surface area contributed by atoms with Crippen molar-refractivity contribution >= 4 is 10.0 Å². The third-order valence-electron chi connectivity index (χ3n) is 2.12. The molecule has 0 fully saturated rings. The van der Waals surface area contributed by atoms with E-state index >= 15 is 0 Å². The molecule has 0 unspecified atom stereocenters. The predicted molar refractivity (Wildman–Crippen MR) is 61.2 cm³/mol. The molecule has 0 atom stereocenters. The first-order chi connectivity index (χ1) is 8.47. The Labute approximate surface area is 104 Å². The van der Waals surface area contributed by atoms with E-state index in [0.717, 1.165) is 6.07 Å². The molecule has 0 aliphatic carbocycles. The molecule has 1 aromatic heterocycles. The van der Waals surface area contributed by atoms with Crippen LogP contribution in [0.3, 0.4) is 0 Å². The lowest BCUT2D eigenvalue weighted by atomic mass is 10.3. The molecule has 0 aliphatic rings. The molecule has 1 heterocycles. The molecule has 96 valence electrons. The van der Waals surface area contributed by atoms with Gasteiger partial charge < -0.3 is 9.63 Å². The number of phenolic OH excluding ortho intramolecular Hbond substituents is 1. The van der Waals surface area contributed by atoms with E-state index in [1.807, 2.05) is 0 Å². The number of aromatic nitrogens is 2. The van der Waals surface area contributed by atoms with E-state index in [1.165, 1.54) is 18.2 Å². The second kappa shape index (κ2) is 4.75. The minimum absolute atomic E-state index is 0.0253. The number of nitrogens with one attached hydrogen (secondary N) is 1. The van der Waals surface area contributed by atoms with Crippen LogP contribution in [0.25, 0.3) is 0 Å². The number of hydrogen-bond donors (Lipinski definition) is 2. The van der Waals surface area contributed by atoms with Gasteiger partial charge in [0.05, 0.1) is 11.4 Å². The number of rotatable bonds is 4. The maximum Gasteiger partial charge on any atom is 0.241 e. The van der Waals surface area contributed by atoms with Gasteiger partial charge in [-0.1, -0.05) is 11.2 Å². The second-order valence-corrected chi connectivity index (χ2v) is 5.32. The number of sulfonamides is 1. The summed E-state index contributed by atoms with van der Waals surface area (Å²) < 4.78 is 30.7. The van der Waals surface area contributed by atoms with Gasteiger partial charge >= 0.3 is 0 Å². The number of benzene rings is 1. The van der Waals surface area contributed by atoms with Crippen molar-refractivity contribution in [3.63, 3.8) is 0 Å². The van der Waals surface area contributed by atoms with Crippen LogP contribution in [-0.2, 0) is 16.6 Å². The van der Waals surface area contributed by atoms with E-state index in [9.17, 15) is 13.5 Å². The molecule has 18 heavy (non-hydrogen) atoms. The van der Waals surface area contributed by atoms with Crippen molar-refractivity contribution in [1.82, 2.24) is 14.9 Å². The van der Waals surface area contributed by atoms with Gasteiger partial charge in [-0.05, 0) is 18.2 Å². The summed E-state index contributed by atoms with van der Waals surface area (Å²) in [5.74, 6) is 0.492. The van der Waals surface area contributed by atoms with E-state index in [2.05, 4.69) is 14.9 Å². The first kappa shape index (κ1) is 12.5. The fourth-order valence-electron chi connectivity index (χ4n) is 1.31. The maximum atomic E-state index is 11.9. The average Bonchev–Trinajstić information content (AvgIpc) is 2.73. The van der Waals surface area contributed by atoms with Crippen molar-refractivity contribution in [2.45, 2.75) is 18.4 Å². The summed E-state index contributed by atoms with van der Waals surface area (Å²) in [5.41, 5.74) is 0. The highest BCUT2D eigenvalue weighted by Crippen LogP contribution is 2.15. The highest BCUT2D eigenvalue weighted by molar-refractivity contribution is 7.89. The van der Waals surface area contributed by atoms with E-state index in [1.54, 1.807) is 6.92 Å². The van der Waals surface area contributed by atoms with Gasteiger partial charge in [0.2, 0.25) is 15.9 Å². The first-order valence-electron chi connectivity index (χ1n) is 5.05. The molecule has 7 nitrogen and oxygen atoms in total. The fraction of sp³-hybridized carbons (Fsp3) is 0.200. The zero-order chi connectivity index (χ0) is 13.2. The maximum absolute atomic E-state index is 11.9. The van der Waals surface area contributed by atoms with Crippen LogP contribution in [0, 0.1) is 6.92 Å². The second-order valence-electron chi connectivity index (χ2n) is 3.55.